The third-order valence-electron chi connectivity index (χ3n) is 6.55. The highest BCUT2D eigenvalue weighted by Gasteiger charge is 2.12. The minimum atomic E-state index is -0.788. The second-order valence-corrected chi connectivity index (χ2v) is 9.88. The van der Waals surface area contributed by atoms with E-state index >= 15 is 0 Å². The average molecular weight is 471 g/mol. The summed E-state index contributed by atoms with van der Waals surface area (Å²) >= 11 is 0. The molecule has 2 rings (SSSR count). The molecule has 0 aliphatic heterocycles. The third-order valence-corrected chi connectivity index (χ3v) is 6.55. The van der Waals surface area contributed by atoms with E-state index in [0.29, 0.717) is 25.4 Å². The highest BCUT2D eigenvalue weighted by atomic mass is 19.1. The maximum atomic E-state index is 14.2. The predicted octanol–water partition coefficient (Wildman–Crippen LogP) is 9.15. The third kappa shape index (κ3) is 11.9. The number of aryl methyl sites for hydroxylation is 1. The van der Waals surface area contributed by atoms with E-state index in [0.717, 1.165) is 30.0 Å². The van der Waals surface area contributed by atoms with Crippen molar-refractivity contribution < 1.29 is 9.13 Å². The van der Waals surface area contributed by atoms with E-state index in [-0.39, 0.29) is 0 Å². The molecule has 1 heterocycles. The summed E-state index contributed by atoms with van der Waals surface area (Å²) in [7, 11) is 0. The molecule has 0 amide bonds. The van der Waals surface area contributed by atoms with Crippen LogP contribution in [0.4, 0.5) is 4.39 Å². The first kappa shape index (κ1) is 28.3. The smallest absolute Gasteiger partial charge is 0.159 e. The Hall–Kier alpha value is -1.97. The Morgan fingerprint density at radius 2 is 1.41 bits per heavy atom. The van der Waals surface area contributed by atoms with Gasteiger partial charge in [-0.3, -0.25) is 0 Å². The number of aromatic nitrogens is 2. The lowest BCUT2D eigenvalue weighted by molar-refractivity contribution is 0.205. The summed E-state index contributed by atoms with van der Waals surface area (Å²) in [4.78, 5) is 9.12. The van der Waals surface area contributed by atoms with Crippen LogP contribution < -0.4 is 4.74 Å². The molecule has 3 nitrogen and oxygen atoms in total. The molecule has 190 valence electrons. The van der Waals surface area contributed by atoms with Crippen LogP contribution in [0.1, 0.15) is 110 Å². The van der Waals surface area contributed by atoms with E-state index in [9.17, 15) is 4.39 Å². The number of rotatable bonds is 19. The van der Waals surface area contributed by atoms with Crippen molar-refractivity contribution >= 4 is 0 Å². The molecule has 0 bridgehead atoms. The van der Waals surface area contributed by atoms with E-state index < -0.39 is 6.17 Å². The number of nitrogens with zero attached hydrogens (tertiary/aromatic N) is 2. The van der Waals surface area contributed by atoms with Gasteiger partial charge in [0.1, 0.15) is 11.9 Å². The van der Waals surface area contributed by atoms with Gasteiger partial charge in [0.05, 0.1) is 6.61 Å². The van der Waals surface area contributed by atoms with E-state index in [1.54, 1.807) is 0 Å². The Morgan fingerprint density at radius 1 is 0.794 bits per heavy atom. The Labute approximate surface area is 208 Å². The van der Waals surface area contributed by atoms with Crippen LogP contribution in [0.3, 0.4) is 0 Å². The molecule has 0 saturated heterocycles. The molecule has 0 aliphatic rings. The van der Waals surface area contributed by atoms with Crippen molar-refractivity contribution in [1.82, 2.24) is 9.97 Å². The Balaban J connectivity index is 1.66. The molecule has 0 N–H and O–H groups in total. The molecule has 2 aromatic rings. The number of unbranched alkanes of at least 4 members (excludes halogenated alkanes) is 8. The van der Waals surface area contributed by atoms with Gasteiger partial charge in [0.15, 0.2) is 5.82 Å². The lowest BCUT2D eigenvalue weighted by Gasteiger charge is -2.15. The molecule has 2 atom stereocenters. The number of hydrogen-bond donors (Lipinski definition) is 0. The SMILES string of the molecule is CCCCCCCCCCc1cnc(-c2ccc(OCCC(F)CC(C)CCCC)cc2)nc1. The molecule has 0 aliphatic carbocycles. The van der Waals surface area contributed by atoms with Crippen molar-refractivity contribution in [2.45, 2.75) is 117 Å². The van der Waals surface area contributed by atoms with Gasteiger partial charge < -0.3 is 4.74 Å². The normalized spacial score (nSPS) is 13.1. The number of ether oxygens (including phenoxy) is 1. The fraction of sp³-hybridized carbons (Fsp3) is 0.667. The number of alkyl halides is 1. The zero-order valence-electron chi connectivity index (χ0n) is 21.9. The van der Waals surface area contributed by atoms with Crippen LogP contribution in [-0.2, 0) is 6.42 Å². The summed E-state index contributed by atoms with van der Waals surface area (Å²) in [6.45, 7) is 7.00. The van der Waals surface area contributed by atoms with Gasteiger partial charge >= 0.3 is 0 Å². The maximum absolute atomic E-state index is 14.2. The average Bonchev–Trinajstić information content (AvgIpc) is 2.85. The van der Waals surface area contributed by atoms with Crippen molar-refractivity contribution in [3.8, 4) is 17.1 Å². The summed E-state index contributed by atoms with van der Waals surface area (Å²) in [6.07, 6.45) is 19.4. The summed E-state index contributed by atoms with van der Waals surface area (Å²) in [6, 6.07) is 7.79. The zero-order chi connectivity index (χ0) is 24.4. The van der Waals surface area contributed by atoms with Crippen LogP contribution in [0, 0.1) is 5.92 Å². The van der Waals surface area contributed by atoms with Gasteiger partial charge in [0.2, 0.25) is 0 Å². The van der Waals surface area contributed by atoms with Gasteiger partial charge in [0.25, 0.3) is 0 Å². The summed E-state index contributed by atoms with van der Waals surface area (Å²) in [5, 5.41) is 0. The molecule has 0 spiro atoms. The van der Waals surface area contributed by atoms with E-state index in [1.807, 2.05) is 36.7 Å². The van der Waals surface area contributed by atoms with Gasteiger partial charge in [-0.1, -0.05) is 85.0 Å². The topological polar surface area (TPSA) is 35.0 Å². The summed E-state index contributed by atoms with van der Waals surface area (Å²) in [5.41, 5.74) is 2.18. The van der Waals surface area contributed by atoms with Crippen LogP contribution in [-0.4, -0.2) is 22.7 Å². The van der Waals surface area contributed by atoms with E-state index in [2.05, 4.69) is 30.7 Å². The first-order valence-corrected chi connectivity index (χ1v) is 13.8. The first-order valence-electron chi connectivity index (χ1n) is 13.8. The molecule has 2 unspecified atom stereocenters. The minimum Gasteiger partial charge on any atom is -0.493 e. The quantitative estimate of drug-likeness (QED) is 0.192. The highest BCUT2D eigenvalue weighted by Crippen LogP contribution is 2.21. The van der Waals surface area contributed by atoms with Crippen LogP contribution in [0.25, 0.3) is 11.4 Å². The van der Waals surface area contributed by atoms with Gasteiger partial charge in [-0.25, -0.2) is 14.4 Å². The molecule has 0 fully saturated rings. The monoisotopic (exact) mass is 470 g/mol. The minimum absolute atomic E-state index is 0.408. The Bertz CT molecular complexity index is 747. The van der Waals surface area contributed by atoms with E-state index in [4.69, 9.17) is 4.74 Å². The van der Waals surface area contributed by atoms with Gasteiger partial charge in [-0.15, -0.1) is 0 Å². The van der Waals surface area contributed by atoms with Crippen molar-refractivity contribution in [3.63, 3.8) is 0 Å². The number of benzene rings is 1. The van der Waals surface area contributed by atoms with Crippen LogP contribution >= 0.6 is 0 Å². The lowest BCUT2D eigenvalue weighted by atomic mass is 9.97. The van der Waals surface area contributed by atoms with Crippen LogP contribution in [0.5, 0.6) is 5.75 Å². The standard InChI is InChI=1S/C30H47FN2O/c1-4-6-8-9-10-11-12-13-15-26-23-32-30(33-24-26)27-16-18-29(19-17-27)34-21-20-28(31)22-25(3)14-7-5-2/h16-19,23-25,28H,4-15,20-22H2,1-3H3. The van der Waals surface area contributed by atoms with Gasteiger partial charge in [-0.05, 0) is 55.0 Å². The molecule has 0 radical (unpaired) electrons. The second-order valence-electron chi connectivity index (χ2n) is 9.88. The Morgan fingerprint density at radius 3 is 2.06 bits per heavy atom. The number of hydrogen-bond acceptors (Lipinski definition) is 3. The van der Waals surface area contributed by atoms with Gasteiger partial charge in [0, 0.05) is 24.4 Å². The summed E-state index contributed by atoms with van der Waals surface area (Å²) < 4.78 is 19.9. The molecule has 1 aromatic carbocycles. The first-order chi connectivity index (χ1) is 16.6. The van der Waals surface area contributed by atoms with Gasteiger partial charge in [-0.2, -0.15) is 0 Å². The van der Waals surface area contributed by atoms with Crippen molar-refractivity contribution in [1.29, 1.82) is 0 Å². The highest BCUT2D eigenvalue weighted by molar-refractivity contribution is 5.55. The zero-order valence-corrected chi connectivity index (χ0v) is 21.9. The van der Waals surface area contributed by atoms with E-state index in [1.165, 1.54) is 69.8 Å². The fourth-order valence-electron chi connectivity index (χ4n) is 4.33. The van der Waals surface area contributed by atoms with Crippen LogP contribution in [0.15, 0.2) is 36.7 Å². The molecule has 4 heteroatoms. The molecular weight excluding hydrogens is 423 g/mol. The molecular formula is C30H47FN2O. The molecule has 34 heavy (non-hydrogen) atoms. The lowest BCUT2D eigenvalue weighted by Crippen LogP contribution is -2.11. The Kier molecular flexibility index (Phi) is 14.5. The van der Waals surface area contributed by atoms with Crippen molar-refractivity contribution in [2.75, 3.05) is 6.61 Å². The fourth-order valence-corrected chi connectivity index (χ4v) is 4.33. The maximum Gasteiger partial charge on any atom is 0.159 e. The molecule has 0 saturated carbocycles. The van der Waals surface area contributed by atoms with Crippen molar-refractivity contribution in [3.05, 3.63) is 42.2 Å². The molecule has 1 aromatic heterocycles. The number of halogens is 1. The summed E-state index contributed by atoms with van der Waals surface area (Å²) in [5.74, 6) is 1.94. The second kappa shape index (κ2) is 17.5. The van der Waals surface area contributed by atoms with Crippen LogP contribution in [0.2, 0.25) is 0 Å². The van der Waals surface area contributed by atoms with Crippen molar-refractivity contribution in [2.24, 2.45) is 5.92 Å². The largest absolute Gasteiger partial charge is 0.493 e. The predicted molar refractivity (Wildman–Crippen MR) is 142 cm³/mol.